The van der Waals surface area contributed by atoms with E-state index < -0.39 is 0 Å². The van der Waals surface area contributed by atoms with Gasteiger partial charge < -0.3 is 45.7 Å². The first-order chi connectivity index (χ1) is 25.7. The Kier molecular flexibility index (Phi) is 193. The van der Waals surface area contributed by atoms with E-state index in [2.05, 4.69) is 171 Å². The Morgan fingerprint density at radius 3 is 0.333 bits per heavy atom. The van der Waals surface area contributed by atoms with Gasteiger partial charge in [0, 0.05) is 35.3 Å². The molecule has 3 rings (SSSR count). The molecule has 346 valence electrons. The van der Waals surface area contributed by atoms with Gasteiger partial charge in [0.25, 0.3) is 0 Å². The van der Waals surface area contributed by atoms with E-state index in [1.54, 1.807) is 0 Å². The summed E-state index contributed by atoms with van der Waals surface area (Å²) in [6.45, 7) is 76.0. The molecule has 3 fully saturated rings. The van der Waals surface area contributed by atoms with Crippen molar-refractivity contribution >= 4 is 27.2 Å². The Morgan fingerprint density at radius 2 is 0.317 bits per heavy atom. The van der Waals surface area contributed by atoms with Crippen molar-refractivity contribution in [1.82, 2.24) is 0 Å². The molecule has 0 heterocycles. The zero-order chi connectivity index (χ0) is 47.7. The molecule has 0 aromatic rings. The second-order valence-corrected chi connectivity index (χ2v) is 12.9. The number of hydrogen-bond donors (Lipinski definition) is 2. The third kappa shape index (κ3) is 52.0. The molecule has 0 aromatic carbocycles. The van der Waals surface area contributed by atoms with Crippen molar-refractivity contribution in [3.05, 3.63) is 54.8 Å². The number of aliphatic hydroxyl groups excluding tert-OH is 2. The van der Waals surface area contributed by atoms with E-state index in [9.17, 15) is 0 Å². The molecule has 3 aliphatic carbocycles. The van der Waals surface area contributed by atoms with Crippen LogP contribution in [0.2, 0.25) is 0 Å². The number of rotatable bonds is 0. The fraction of sp³-hybridized carbons (Fsp3) is 0.727. The molecule has 2 N–H and O–H groups in total. The molecule has 0 unspecified atom stereocenters. The Labute approximate surface area is 426 Å². The fourth-order valence-corrected chi connectivity index (χ4v) is 7.18. The Morgan fingerprint density at radius 1 is 0.300 bits per heavy atom. The first-order valence-electron chi connectivity index (χ1n) is 16.7. The minimum absolute atomic E-state index is 0. The van der Waals surface area contributed by atoms with Gasteiger partial charge in [-0.05, 0) is 88.8 Å². The van der Waals surface area contributed by atoms with Gasteiger partial charge in [0.2, 0.25) is 0 Å². The normalized spacial score (nSPS) is 28.4. The van der Waals surface area contributed by atoms with Crippen LogP contribution in [0.15, 0.2) is 0 Å². The maximum absolute atomic E-state index is 7.75. The van der Waals surface area contributed by atoms with E-state index in [1.165, 1.54) is 0 Å². The molecule has 16 heteroatoms. The standard InChI is InChI=1S/3C10H20.2CH4O.4CHO.6CO.2CH3.Li.3Mo.H/c3*1-6-7(2)9(4)10(5)8(6)3;12*1-2;;;;;;;/h3*6-10H,1-5H3;2*2H,1H3;4*1H;;;;;;;2*1H3;;;;;/q;;;;;4*-1;;;;;;;2*-1;+1;;+2;+4;-1. The van der Waals surface area contributed by atoms with Crippen molar-refractivity contribution in [1.29, 1.82) is 0 Å². The van der Waals surface area contributed by atoms with Gasteiger partial charge in [-0.25, -0.2) is 0 Å². The van der Waals surface area contributed by atoms with Gasteiger partial charge in [0.1, 0.15) is 0 Å². The minimum atomic E-state index is 0. The molecule has 0 bridgehead atoms. The van der Waals surface area contributed by atoms with Gasteiger partial charge in [0.15, 0.2) is 0 Å². The molecule has 0 atom stereocenters. The molecule has 0 spiro atoms. The summed E-state index contributed by atoms with van der Waals surface area (Å²) in [6.07, 6.45) is 0. The molecule has 3 aliphatic rings. The number of aliphatic hydroxyl groups is 2. The first kappa shape index (κ1) is 118. The molecule has 0 aliphatic heterocycles. The van der Waals surface area contributed by atoms with Gasteiger partial charge in [-0.3, -0.25) is 27.2 Å². The zero-order valence-corrected chi connectivity index (χ0v) is 46.2. The molecule has 3 saturated carbocycles. The molecule has 0 amide bonds. The predicted octanol–water partition coefficient (Wildman–Crippen LogP) is 5.45. The molecule has 0 saturated heterocycles. The van der Waals surface area contributed by atoms with Gasteiger partial charge in [-0.15, -0.1) is 0 Å². The van der Waals surface area contributed by atoms with E-state index in [1.807, 2.05) is 0 Å². The molecule has 12 nitrogen and oxygen atoms in total. The summed E-state index contributed by atoms with van der Waals surface area (Å²) in [6, 6.07) is 0. The number of carbonyl (C=O) groups excluding carboxylic acids is 4. The number of hydrogen-bond acceptors (Lipinski definition) is 6. The van der Waals surface area contributed by atoms with E-state index in [0.717, 1.165) is 103 Å². The van der Waals surface area contributed by atoms with Crippen LogP contribution in [-0.2, 0) is 110 Å². The summed E-state index contributed by atoms with van der Waals surface area (Å²) in [4.78, 5) is 31.0. The molecule has 0 radical (unpaired) electrons. The van der Waals surface area contributed by atoms with Crippen molar-refractivity contribution < 1.29 is 141 Å². The second-order valence-electron chi connectivity index (χ2n) is 12.9. The molecule has 0 aromatic heterocycles. The van der Waals surface area contributed by atoms with E-state index in [0.29, 0.717) is 0 Å². The van der Waals surface area contributed by atoms with Gasteiger partial charge in [-0.2, -0.15) is 0 Å². The van der Waals surface area contributed by atoms with Crippen LogP contribution in [0.1, 0.15) is 105 Å². The first-order valence-corrected chi connectivity index (χ1v) is 16.7. The quantitative estimate of drug-likeness (QED) is 0.139. The summed E-state index contributed by atoms with van der Waals surface area (Å²) in [5.74, 6) is 14.0. The maximum Gasteiger partial charge on any atom is 4.00 e. The largest absolute Gasteiger partial charge is 4.00 e. The summed E-state index contributed by atoms with van der Waals surface area (Å²) >= 11 is 0. The van der Waals surface area contributed by atoms with Gasteiger partial charge in [-0.1, -0.05) is 104 Å². The van der Waals surface area contributed by atoms with Crippen molar-refractivity contribution in [3.63, 3.8) is 0 Å². The topological polar surface area (TPSA) is 228 Å². The third-order valence-electron chi connectivity index (χ3n) is 12.4. The zero-order valence-electron chi connectivity index (χ0n) is 41.2. The average Bonchev–Trinajstić information content (AvgIpc) is 3.65. The average molecular weight is 1090 g/mol. The summed E-state index contributed by atoms with van der Waals surface area (Å²) in [5.41, 5.74) is 0. The Balaban J connectivity index is -0.0000000196. The van der Waals surface area contributed by atoms with Crippen molar-refractivity contribution in [3.8, 4) is 0 Å². The van der Waals surface area contributed by atoms with E-state index in [4.69, 9.17) is 57.3 Å². The van der Waals surface area contributed by atoms with Crippen LogP contribution < -0.4 is 18.9 Å². The van der Waals surface area contributed by atoms with Crippen LogP contribution in [-0.4, -0.2) is 51.6 Å². The van der Waals surface area contributed by atoms with Crippen LogP contribution >= 0.6 is 0 Å². The van der Waals surface area contributed by atoms with Crippen molar-refractivity contribution in [2.75, 3.05) is 14.2 Å². The summed E-state index contributed by atoms with van der Waals surface area (Å²) in [7, 11) is 2.00. The van der Waals surface area contributed by atoms with E-state index >= 15 is 0 Å². The van der Waals surface area contributed by atoms with Crippen LogP contribution in [0.5, 0.6) is 0 Å². The van der Waals surface area contributed by atoms with Crippen LogP contribution in [0, 0.1) is 144 Å². The molecule has 60 heavy (non-hydrogen) atoms. The van der Waals surface area contributed by atoms with Crippen LogP contribution in [0.25, 0.3) is 0 Å². The van der Waals surface area contributed by atoms with Gasteiger partial charge in [0.05, 0.1) is 0 Å². The van der Waals surface area contributed by atoms with Crippen molar-refractivity contribution in [2.24, 2.45) is 88.8 Å². The fourth-order valence-electron chi connectivity index (χ4n) is 7.18. The molecular weight excluding hydrogens is 1020 g/mol. The summed E-state index contributed by atoms with van der Waals surface area (Å²) < 4.78 is 45.0. The van der Waals surface area contributed by atoms with Gasteiger partial charge >= 0.3 is 129 Å². The Bertz CT molecular complexity index is 598. The minimum Gasteiger partial charge on any atom is -1.00 e. The smallest absolute Gasteiger partial charge is 1.00 e. The maximum atomic E-state index is 7.75. The predicted molar refractivity (Wildman–Crippen MR) is 218 cm³/mol. The SMILES string of the molecule is CC1C(C)C(C)C(C)C1C.CC1C(C)C(C)C(C)C1C.CC1C(C)C(C)C(C)C1C.CO.CO.[C-]#[O+].[C-]#[O+].[C-]#[O+].[C-]#[O+].[C-]#[O+].[C-]#[O+].[CH-]=O.[CH-]=O.[CH-]=O.[CH-]=O.[CH3-].[CH3-].[H-].[Li+].[Mo+2].[Mo+4].[Mo]. The Hall–Kier alpha value is -0.298. The second kappa shape index (κ2) is 97.8. The molecular formula is C44H79LiMo3O12. The van der Waals surface area contributed by atoms with Crippen molar-refractivity contribution in [2.45, 2.75) is 104 Å². The van der Waals surface area contributed by atoms with Crippen LogP contribution in [0.3, 0.4) is 0 Å². The van der Waals surface area contributed by atoms with Crippen LogP contribution in [0.4, 0.5) is 0 Å². The summed E-state index contributed by atoms with van der Waals surface area (Å²) in [5, 5.41) is 14.0. The third-order valence-corrected chi connectivity index (χ3v) is 12.4. The monoisotopic (exact) mass is 1100 g/mol. The van der Waals surface area contributed by atoms with E-state index in [-0.39, 0.29) is 98.3 Å².